The summed E-state index contributed by atoms with van der Waals surface area (Å²) in [5.74, 6) is -2.09. The predicted molar refractivity (Wildman–Crippen MR) is 173 cm³/mol. The Morgan fingerprint density at radius 2 is 1.88 bits per heavy atom. The fraction of sp³-hybridized carbons (Fsp3) is 0.324. The molecule has 2 amide bonds. The van der Waals surface area contributed by atoms with Gasteiger partial charge in [-0.05, 0) is 107 Å². The monoisotopic (exact) mass is 694 g/mol. The molecule has 8 nitrogen and oxygen atoms in total. The molecule has 0 spiro atoms. The Labute approximate surface area is 264 Å². The van der Waals surface area contributed by atoms with Crippen LogP contribution in [0.5, 0.6) is 11.5 Å². The van der Waals surface area contributed by atoms with Crippen LogP contribution in [-0.4, -0.2) is 51.9 Å². The number of benzene rings is 2. The Morgan fingerprint density at radius 3 is 2.53 bits per heavy atom. The van der Waals surface area contributed by atoms with Crippen molar-refractivity contribution in [1.82, 2.24) is 4.98 Å². The number of amides is 2. The van der Waals surface area contributed by atoms with Gasteiger partial charge in [0.2, 0.25) is 11.8 Å². The lowest BCUT2D eigenvalue weighted by Gasteiger charge is -2.36. The molecule has 5 rings (SSSR count). The van der Waals surface area contributed by atoms with Crippen molar-refractivity contribution in [2.45, 2.75) is 38.7 Å². The van der Waals surface area contributed by atoms with Crippen LogP contribution in [-0.2, 0) is 9.59 Å². The molecule has 2 heterocycles. The first-order valence-electron chi connectivity index (χ1n) is 14.4. The van der Waals surface area contributed by atoms with Crippen LogP contribution >= 0.6 is 22.6 Å². The third-order valence-electron chi connectivity index (χ3n) is 8.47. The molecule has 1 saturated heterocycles. The fourth-order valence-electron chi connectivity index (χ4n) is 6.44. The normalized spacial score (nSPS) is 21.3. The molecule has 43 heavy (non-hydrogen) atoms. The molecule has 3 aromatic rings. The van der Waals surface area contributed by atoms with E-state index in [9.17, 15) is 24.9 Å². The van der Waals surface area contributed by atoms with Crippen LogP contribution < -0.4 is 9.64 Å². The van der Waals surface area contributed by atoms with Crippen molar-refractivity contribution in [3.63, 3.8) is 0 Å². The molecule has 2 aromatic carbocycles. The highest BCUT2D eigenvalue weighted by Crippen LogP contribution is 2.48. The lowest BCUT2D eigenvalue weighted by Crippen LogP contribution is -2.39. The highest BCUT2D eigenvalue weighted by molar-refractivity contribution is 14.1. The first kappa shape index (κ1) is 30.9. The zero-order valence-electron chi connectivity index (χ0n) is 24.1. The zero-order chi connectivity index (χ0) is 30.7. The topological polar surface area (TPSA) is 120 Å². The zero-order valence-corrected chi connectivity index (χ0v) is 26.3. The van der Waals surface area contributed by atoms with E-state index in [4.69, 9.17) is 4.74 Å². The number of methoxy groups -OCH3 is 1. The van der Waals surface area contributed by atoms with Crippen LogP contribution in [0.1, 0.15) is 43.9 Å². The maximum Gasteiger partial charge on any atom is 0.238 e. The van der Waals surface area contributed by atoms with Crippen LogP contribution in [0.2, 0.25) is 0 Å². The summed E-state index contributed by atoms with van der Waals surface area (Å²) >= 11 is 2.06. The number of phenolic OH excluding ortho intramolecular Hbond substituents is 1. The van der Waals surface area contributed by atoms with Crippen molar-refractivity contribution in [3.8, 4) is 11.5 Å². The maximum atomic E-state index is 13.7. The molecular weight excluding hydrogens is 659 g/mol. The number of allylic oxidation sites excluding steroid dienone is 2. The number of rotatable bonds is 10. The molecule has 1 aromatic heterocycles. The number of fused-ring (bicyclic) bond motifs is 1. The maximum absolute atomic E-state index is 13.7. The van der Waals surface area contributed by atoms with Gasteiger partial charge in [0.15, 0.2) is 11.5 Å². The minimum Gasteiger partial charge on any atom is -0.504 e. The van der Waals surface area contributed by atoms with Gasteiger partial charge in [-0.25, -0.2) is 0 Å². The summed E-state index contributed by atoms with van der Waals surface area (Å²) in [6, 6.07) is 18.1. The number of ether oxygens (including phenoxy) is 1. The Balaban J connectivity index is 1.44. The molecule has 2 aliphatic rings. The lowest BCUT2D eigenvalue weighted by atomic mass is 9.67. The fourth-order valence-corrected chi connectivity index (χ4v) is 7.06. The van der Waals surface area contributed by atoms with Gasteiger partial charge < -0.3 is 20.1 Å². The van der Waals surface area contributed by atoms with E-state index >= 15 is 0 Å². The average Bonchev–Trinajstić information content (AvgIpc) is 3.29. The molecule has 1 aliphatic heterocycles. The number of aliphatic hydroxyl groups is 2. The number of nitrogens with zero attached hydrogens (tertiary/aromatic N) is 2. The van der Waals surface area contributed by atoms with Crippen molar-refractivity contribution < 1.29 is 29.6 Å². The Hall–Kier alpha value is -3.54. The number of imide groups is 1. The predicted octanol–water partition coefficient (Wildman–Crippen LogP) is 5.61. The summed E-state index contributed by atoms with van der Waals surface area (Å²) in [5, 5.41) is 32.6. The standard InChI is InChI=1S/C34H35IN2O6/c1-3-21-18-24-31(34(42)37(33(24)41)23-9-5-4-6-10-23)25(19-38)30(21)28(39)13-12-22(27-11-7-8-14-36-27)15-20-16-26(35)32(40)29(17-20)43-2/h4-11,14-17,24-25,28,31,38-40H,3,12-13,18-19H2,1-2H3/b22-15-/t24-,25+,28-,31-/m1/s1. The molecule has 0 radical (unpaired) electrons. The van der Waals surface area contributed by atoms with Gasteiger partial charge in [-0.3, -0.25) is 19.5 Å². The van der Waals surface area contributed by atoms with E-state index in [2.05, 4.69) is 27.6 Å². The van der Waals surface area contributed by atoms with Crippen molar-refractivity contribution >= 4 is 51.7 Å². The van der Waals surface area contributed by atoms with Crippen LogP contribution in [0.15, 0.2) is 78.0 Å². The van der Waals surface area contributed by atoms with Gasteiger partial charge in [-0.1, -0.05) is 36.8 Å². The summed E-state index contributed by atoms with van der Waals surface area (Å²) in [4.78, 5) is 33.0. The van der Waals surface area contributed by atoms with Gasteiger partial charge in [0.1, 0.15) is 0 Å². The van der Waals surface area contributed by atoms with Crippen LogP contribution in [0.25, 0.3) is 11.6 Å². The van der Waals surface area contributed by atoms with Gasteiger partial charge in [0, 0.05) is 12.1 Å². The molecule has 9 heteroatoms. The Bertz CT molecular complexity index is 1560. The van der Waals surface area contributed by atoms with Gasteiger partial charge in [-0.15, -0.1) is 0 Å². The number of hydrogen-bond donors (Lipinski definition) is 3. The van der Waals surface area contributed by atoms with Gasteiger partial charge >= 0.3 is 0 Å². The van der Waals surface area contributed by atoms with Crippen molar-refractivity contribution in [3.05, 3.63) is 92.8 Å². The second-order valence-corrected chi connectivity index (χ2v) is 12.0. The number of halogens is 1. The lowest BCUT2D eigenvalue weighted by molar-refractivity contribution is -0.123. The molecule has 1 fully saturated rings. The van der Waals surface area contributed by atoms with E-state index in [0.717, 1.165) is 22.4 Å². The molecule has 0 bridgehead atoms. The molecule has 0 saturated carbocycles. The van der Waals surface area contributed by atoms with Crippen LogP contribution in [0.4, 0.5) is 5.69 Å². The van der Waals surface area contributed by atoms with Gasteiger partial charge in [0.25, 0.3) is 0 Å². The van der Waals surface area contributed by atoms with E-state index in [1.54, 1.807) is 36.5 Å². The van der Waals surface area contributed by atoms with E-state index in [-0.39, 0.29) is 24.2 Å². The minimum absolute atomic E-state index is 0.0745. The second kappa shape index (κ2) is 13.4. The first-order valence-corrected chi connectivity index (χ1v) is 15.5. The van der Waals surface area contributed by atoms with Crippen LogP contribution in [0, 0.1) is 21.3 Å². The summed E-state index contributed by atoms with van der Waals surface area (Å²) in [7, 11) is 1.50. The van der Waals surface area contributed by atoms with E-state index in [1.807, 2.05) is 43.3 Å². The van der Waals surface area contributed by atoms with Gasteiger partial charge in [0.05, 0.1) is 46.6 Å². The molecular formula is C34H35IN2O6. The highest BCUT2D eigenvalue weighted by atomic mass is 127. The summed E-state index contributed by atoms with van der Waals surface area (Å²) in [5.41, 5.74) is 4.55. The van der Waals surface area contributed by atoms with E-state index in [1.165, 1.54) is 12.0 Å². The van der Waals surface area contributed by atoms with E-state index in [0.29, 0.717) is 46.3 Å². The number of phenols is 1. The average molecular weight is 695 g/mol. The second-order valence-electron chi connectivity index (χ2n) is 10.9. The van der Waals surface area contributed by atoms with Crippen molar-refractivity contribution in [2.24, 2.45) is 17.8 Å². The summed E-state index contributed by atoms with van der Waals surface area (Å²) < 4.78 is 5.98. The number of aliphatic hydroxyl groups excluding tert-OH is 2. The number of aromatic nitrogens is 1. The molecule has 4 atom stereocenters. The highest BCUT2D eigenvalue weighted by Gasteiger charge is 2.55. The quantitative estimate of drug-likeness (QED) is 0.144. The molecule has 3 N–H and O–H groups in total. The number of carbonyl (C=O) groups excluding carboxylic acids is 2. The molecule has 1 aliphatic carbocycles. The third kappa shape index (κ3) is 6.11. The van der Waals surface area contributed by atoms with Gasteiger partial charge in [-0.2, -0.15) is 0 Å². The summed E-state index contributed by atoms with van der Waals surface area (Å²) in [6.45, 7) is 1.64. The van der Waals surface area contributed by atoms with Crippen molar-refractivity contribution in [2.75, 3.05) is 18.6 Å². The summed E-state index contributed by atoms with van der Waals surface area (Å²) in [6.07, 6.45) is 4.51. The molecule has 0 unspecified atom stereocenters. The Morgan fingerprint density at radius 1 is 1.14 bits per heavy atom. The number of anilines is 1. The smallest absolute Gasteiger partial charge is 0.238 e. The van der Waals surface area contributed by atoms with Crippen LogP contribution in [0.3, 0.4) is 0 Å². The van der Waals surface area contributed by atoms with E-state index < -0.39 is 23.9 Å². The number of hydrogen-bond acceptors (Lipinski definition) is 7. The number of aromatic hydroxyl groups is 1. The van der Waals surface area contributed by atoms with Crippen molar-refractivity contribution in [1.29, 1.82) is 0 Å². The SMILES string of the molecule is CCC1=C([C@H](O)CC/C(=C/c2cc(I)c(O)c(OC)c2)c2ccccn2)[C@H](CO)[C@@H]2C(=O)N(c3ccccc3)C(=O)[C@@H]2C1. The third-order valence-corrected chi connectivity index (χ3v) is 9.30. The number of carbonyl (C=O) groups is 2. The number of pyridine rings is 1. The molecule has 224 valence electrons. The first-order chi connectivity index (χ1) is 20.8. The number of para-hydroxylation sites is 1. The largest absolute Gasteiger partial charge is 0.504 e. The Kier molecular flexibility index (Phi) is 9.63. The minimum atomic E-state index is -0.927.